The Balaban J connectivity index is 1.40. The number of hydrogen-bond donors (Lipinski definition) is 1. The molecule has 0 unspecified atom stereocenters. The van der Waals surface area contributed by atoms with Crippen LogP contribution in [-0.2, 0) is 19.3 Å². The lowest BCUT2D eigenvalue weighted by atomic mass is 10.1. The number of hydrogen-bond acceptors (Lipinski definition) is 5. The van der Waals surface area contributed by atoms with Crippen LogP contribution in [0.4, 0.5) is 0 Å². The van der Waals surface area contributed by atoms with E-state index in [1.807, 2.05) is 18.2 Å². The summed E-state index contributed by atoms with van der Waals surface area (Å²) in [5.41, 5.74) is 3.27. The molecule has 3 aromatic heterocycles. The van der Waals surface area contributed by atoms with Crippen LogP contribution in [0.25, 0.3) is 15.9 Å². The first kappa shape index (κ1) is 15.5. The van der Waals surface area contributed by atoms with Gasteiger partial charge in [0.25, 0.3) is 5.91 Å². The lowest BCUT2D eigenvalue weighted by Crippen LogP contribution is -2.26. The van der Waals surface area contributed by atoms with Gasteiger partial charge in [0.2, 0.25) is 5.82 Å². The standard InChI is InChI=1S/C19H17N5OS/c25-18(20-10-9-12-5-2-1-3-6-12)16-22-17-15-13-7-4-8-14(13)26-19(15)21-11-24(17)23-16/h1-3,5-6,11H,4,7-10H2,(H,20,25). The minimum Gasteiger partial charge on any atom is -0.349 e. The van der Waals surface area contributed by atoms with Crippen LogP contribution in [0.1, 0.15) is 33.0 Å². The molecule has 7 heteroatoms. The Hall–Kier alpha value is -2.80. The van der Waals surface area contributed by atoms with E-state index >= 15 is 0 Å². The summed E-state index contributed by atoms with van der Waals surface area (Å²) in [6, 6.07) is 10.1. The second kappa shape index (κ2) is 6.17. The zero-order valence-corrected chi connectivity index (χ0v) is 14.9. The zero-order chi connectivity index (χ0) is 17.5. The number of nitrogens with zero attached hydrogens (tertiary/aromatic N) is 4. The fourth-order valence-corrected chi connectivity index (χ4v) is 4.76. The van der Waals surface area contributed by atoms with Gasteiger partial charge in [-0.2, -0.15) is 0 Å². The van der Waals surface area contributed by atoms with Crippen LogP contribution >= 0.6 is 11.3 Å². The van der Waals surface area contributed by atoms with E-state index in [1.54, 1.807) is 22.2 Å². The first-order chi connectivity index (χ1) is 12.8. The molecule has 0 bridgehead atoms. The van der Waals surface area contributed by atoms with Crippen LogP contribution in [-0.4, -0.2) is 32.0 Å². The van der Waals surface area contributed by atoms with Crippen LogP contribution in [0.2, 0.25) is 0 Å². The van der Waals surface area contributed by atoms with Crippen molar-refractivity contribution in [2.24, 2.45) is 0 Å². The molecule has 0 atom stereocenters. The van der Waals surface area contributed by atoms with Crippen LogP contribution < -0.4 is 5.32 Å². The maximum absolute atomic E-state index is 12.4. The largest absolute Gasteiger partial charge is 0.349 e. The lowest BCUT2D eigenvalue weighted by molar-refractivity contribution is 0.0944. The van der Waals surface area contributed by atoms with Gasteiger partial charge < -0.3 is 5.32 Å². The Morgan fingerprint density at radius 2 is 2.12 bits per heavy atom. The van der Waals surface area contributed by atoms with Crippen LogP contribution in [0, 0.1) is 0 Å². The van der Waals surface area contributed by atoms with Crippen LogP contribution in [0.3, 0.4) is 0 Å². The van der Waals surface area contributed by atoms with Crippen molar-refractivity contribution >= 4 is 33.1 Å². The highest BCUT2D eigenvalue weighted by Crippen LogP contribution is 2.37. The quantitative estimate of drug-likeness (QED) is 0.605. The average molecular weight is 363 g/mol. The van der Waals surface area contributed by atoms with Crippen LogP contribution in [0.15, 0.2) is 36.7 Å². The Labute approximate surface area is 153 Å². The van der Waals surface area contributed by atoms with E-state index in [4.69, 9.17) is 0 Å². The Morgan fingerprint density at radius 3 is 3.00 bits per heavy atom. The van der Waals surface area contributed by atoms with E-state index in [0.717, 1.165) is 35.1 Å². The van der Waals surface area contributed by atoms with Crippen molar-refractivity contribution < 1.29 is 4.79 Å². The Morgan fingerprint density at radius 1 is 1.23 bits per heavy atom. The average Bonchev–Trinajstić information content (AvgIpc) is 3.35. The fourth-order valence-electron chi connectivity index (χ4n) is 3.53. The van der Waals surface area contributed by atoms with Crippen molar-refractivity contribution in [1.29, 1.82) is 0 Å². The molecule has 4 aromatic rings. The molecule has 0 radical (unpaired) electrons. The van der Waals surface area contributed by atoms with E-state index in [0.29, 0.717) is 6.54 Å². The molecule has 26 heavy (non-hydrogen) atoms. The van der Waals surface area contributed by atoms with Gasteiger partial charge in [-0.05, 0) is 36.8 Å². The zero-order valence-electron chi connectivity index (χ0n) is 14.1. The number of aromatic nitrogens is 4. The molecule has 1 N–H and O–H groups in total. The summed E-state index contributed by atoms with van der Waals surface area (Å²) < 4.78 is 1.62. The first-order valence-electron chi connectivity index (χ1n) is 8.77. The van der Waals surface area contributed by atoms with Gasteiger partial charge in [-0.1, -0.05) is 30.3 Å². The molecule has 5 rings (SSSR count). The van der Waals surface area contributed by atoms with Gasteiger partial charge in [-0.25, -0.2) is 14.5 Å². The highest BCUT2D eigenvalue weighted by molar-refractivity contribution is 7.19. The maximum Gasteiger partial charge on any atom is 0.291 e. The molecule has 6 nitrogen and oxygen atoms in total. The third kappa shape index (κ3) is 2.55. The van der Waals surface area contributed by atoms with Crippen molar-refractivity contribution in [3.05, 3.63) is 58.5 Å². The molecular formula is C19H17N5OS. The number of rotatable bonds is 4. The van der Waals surface area contributed by atoms with E-state index in [-0.39, 0.29) is 11.7 Å². The van der Waals surface area contributed by atoms with Crippen molar-refractivity contribution in [1.82, 2.24) is 24.9 Å². The molecule has 0 aliphatic heterocycles. The number of carbonyl (C=O) groups is 1. The van der Waals surface area contributed by atoms with E-state index in [2.05, 4.69) is 32.5 Å². The fraction of sp³-hybridized carbons (Fsp3) is 0.263. The van der Waals surface area contributed by atoms with E-state index in [9.17, 15) is 4.79 Å². The first-order valence-corrected chi connectivity index (χ1v) is 9.59. The minimum absolute atomic E-state index is 0.199. The molecular weight excluding hydrogens is 346 g/mol. The van der Waals surface area contributed by atoms with Crippen LogP contribution in [0.5, 0.6) is 0 Å². The number of amides is 1. The number of thiophene rings is 1. The van der Waals surface area contributed by atoms with E-state index < -0.39 is 0 Å². The predicted molar refractivity (Wildman–Crippen MR) is 101 cm³/mol. The van der Waals surface area contributed by atoms with Crippen molar-refractivity contribution in [2.45, 2.75) is 25.7 Å². The number of nitrogens with one attached hydrogen (secondary N) is 1. The highest BCUT2D eigenvalue weighted by atomic mass is 32.1. The van der Waals surface area contributed by atoms with Gasteiger partial charge in [0.1, 0.15) is 11.2 Å². The molecule has 1 amide bonds. The lowest BCUT2D eigenvalue weighted by Gasteiger charge is -2.02. The number of carbonyl (C=O) groups excluding carboxylic acids is 1. The van der Waals surface area contributed by atoms with Crippen molar-refractivity contribution in [3.8, 4) is 0 Å². The predicted octanol–water partition coefficient (Wildman–Crippen LogP) is 2.80. The molecule has 1 aromatic carbocycles. The topological polar surface area (TPSA) is 72.2 Å². The summed E-state index contributed by atoms with van der Waals surface area (Å²) in [7, 11) is 0. The number of benzene rings is 1. The molecule has 1 aliphatic carbocycles. The van der Waals surface area contributed by atoms with Gasteiger partial charge in [-0.15, -0.1) is 16.4 Å². The summed E-state index contributed by atoms with van der Waals surface area (Å²) in [4.78, 5) is 23.9. The summed E-state index contributed by atoms with van der Waals surface area (Å²) in [6.45, 7) is 0.555. The summed E-state index contributed by atoms with van der Waals surface area (Å²) >= 11 is 1.74. The van der Waals surface area contributed by atoms with E-state index in [1.165, 1.54) is 22.4 Å². The molecule has 1 aliphatic rings. The molecule has 0 fully saturated rings. The SMILES string of the molecule is O=C(NCCc1ccccc1)c1nc2c3c4c(sc3ncn2n1)CCC4. The summed E-state index contributed by atoms with van der Waals surface area (Å²) in [6.07, 6.45) is 5.78. The normalized spacial score (nSPS) is 13.4. The summed E-state index contributed by atoms with van der Waals surface area (Å²) in [5.74, 6) is -0.0463. The van der Waals surface area contributed by atoms with Gasteiger partial charge in [0.05, 0.1) is 5.39 Å². The monoisotopic (exact) mass is 363 g/mol. The molecule has 0 saturated heterocycles. The molecule has 0 saturated carbocycles. The van der Waals surface area contributed by atoms with Crippen molar-refractivity contribution in [3.63, 3.8) is 0 Å². The molecule has 0 spiro atoms. The third-order valence-electron chi connectivity index (χ3n) is 4.79. The van der Waals surface area contributed by atoms with Gasteiger partial charge in [0.15, 0.2) is 5.65 Å². The van der Waals surface area contributed by atoms with Gasteiger partial charge in [0, 0.05) is 11.4 Å². The Kier molecular flexibility index (Phi) is 3.67. The van der Waals surface area contributed by atoms with Crippen molar-refractivity contribution in [2.75, 3.05) is 6.54 Å². The minimum atomic E-state index is -0.246. The highest BCUT2D eigenvalue weighted by Gasteiger charge is 2.23. The van der Waals surface area contributed by atoms with Gasteiger partial charge in [-0.3, -0.25) is 4.79 Å². The molecule has 130 valence electrons. The second-order valence-corrected chi connectivity index (χ2v) is 7.56. The Bertz CT molecular complexity index is 1120. The smallest absolute Gasteiger partial charge is 0.291 e. The third-order valence-corrected chi connectivity index (χ3v) is 5.99. The summed E-state index contributed by atoms with van der Waals surface area (Å²) in [5, 5.41) is 8.31. The second-order valence-electron chi connectivity index (χ2n) is 6.48. The number of fused-ring (bicyclic) bond motifs is 5. The van der Waals surface area contributed by atoms with Gasteiger partial charge >= 0.3 is 0 Å². The maximum atomic E-state index is 12.4. The number of aryl methyl sites for hydroxylation is 2. The molecule has 3 heterocycles.